The van der Waals surface area contributed by atoms with E-state index in [1.54, 1.807) is 0 Å². The lowest BCUT2D eigenvalue weighted by Gasteiger charge is -2.23. The monoisotopic (exact) mass is 620 g/mol. The quantitative estimate of drug-likeness (QED) is 0.197. The fourth-order valence-electron chi connectivity index (χ4n) is 7.35. The van der Waals surface area contributed by atoms with Crippen molar-refractivity contribution in [2.24, 2.45) is 0 Å². The zero-order valence-corrected chi connectivity index (χ0v) is 28.2. The Balaban J connectivity index is 1.41. The van der Waals surface area contributed by atoms with Crippen LogP contribution in [-0.2, 0) is 5.41 Å². The standard InChI is InChI=1S/C41H40N4S/c1-25-23-36-37(26(2)42-25)44-39(45(36)35-22-19-29(41(3,4)5)24-33(35)27-13-8-6-9-14-27)32-18-12-17-30-31-20-21-34(28-15-10-7-11-16-28)43-40(31)46-38(30)32/h6,8-9,12-14,17-24,28H,7,10-11,15-16H2,1-5H3. The van der Waals surface area contributed by atoms with Crippen molar-refractivity contribution >= 4 is 42.7 Å². The maximum absolute atomic E-state index is 5.40. The Morgan fingerprint density at radius 3 is 2.33 bits per heavy atom. The fourth-order valence-corrected chi connectivity index (χ4v) is 8.54. The van der Waals surface area contributed by atoms with Gasteiger partial charge in [0.1, 0.15) is 16.2 Å². The van der Waals surface area contributed by atoms with E-state index >= 15 is 0 Å². The van der Waals surface area contributed by atoms with Gasteiger partial charge in [0.2, 0.25) is 0 Å². The summed E-state index contributed by atoms with van der Waals surface area (Å²) in [6.07, 6.45) is 6.48. The minimum atomic E-state index is 0.0190. The Bertz CT molecular complexity index is 2240. The Morgan fingerprint density at radius 2 is 1.54 bits per heavy atom. The van der Waals surface area contributed by atoms with Crippen LogP contribution in [0, 0.1) is 13.8 Å². The molecule has 4 nitrogen and oxygen atoms in total. The number of benzene rings is 3. The molecule has 230 valence electrons. The predicted molar refractivity (Wildman–Crippen MR) is 194 cm³/mol. The molecule has 46 heavy (non-hydrogen) atoms. The first-order valence-electron chi connectivity index (χ1n) is 16.7. The molecule has 7 aromatic rings. The van der Waals surface area contributed by atoms with E-state index in [0.29, 0.717) is 5.92 Å². The molecule has 0 radical (unpaired) electrons. The molecule has 0 N–H and O–H groups in total. The topological polar surface area (TPSA) is 43.6 Å². The molecule has 0 spiro atoms. The minimum absolute atomic E-state index is 0.0190. The van der Waals surface area contributed by atoms with Crippen molar-refractivity contribution in [3.63, 3.8) is 0 Å². The maximum Gasteiger partial charge on any atom is 0.147 e. The molecule has 5 heteroatoms. The van der Waals surface area contributed by atoms with Crippen LogP contribution in [0.1, 0.15) is 81.4 Å². The number of rotatable bonds is 4. The summed E-state index contributed by atoms with van der Waals surface area (Å²) in [6.45, 7) is 11.0. The highest BCUT2D eigenvalue weighted by molar-refractivity contribution is 7.26. The van der Waals surface area contributed by atoms with Gasteiger partial charge >= 0.3 is 0 Å². The first kappa shape index (κ1) is 29.1. The molecule has 1 saturated carbocycles. The van der Waals surface area contributed by atoms with E-state index in [9.17, 15) is 0 Å². The van der Waals surface area contributed by atoms with E-state index in [-0.39, 0.29) is 5.41 Å². The summed E-state index contributed by atoms with van der Waals surface area (Å²) in [5, 5.41) is 2.48. The number of imidazole rings is 1. The molecule has 8 rings (SSSR count). The Labute approximate surface area is 275 Å². The van der Waals surface area contributed by atoms with E-state index in [4.69, 9.17) is 15.0 Å². The molecule has 1 fully saturated rings. The number of aromatic nitrogens is 4. The van der Waals surface area contributed by atoms with Crippen molar-refractivity contribution in [1.82, 2.24) is 19.5 Å². The van der Waals surface area contributed by atoms with Crippen LogP contribution < -0.4 is 0 Å². The lowest BCUT2D eigenvalue weighted by molar-refractivity contribution is 0.437. The molecule has 4 heterocycles. The van der Waals surface area contributed by atoms with E-state index < -0.39 is 0 Å². The molecule has 0 saturated heterocycles. The van der Waals surface area contributed by atoms with E-state index in [1.807, 2.05) is 11.3 Å². The second kappa shape index (κ2) is 11.2. The van der Waals surface area contributed by atoms with Crippen molar-refractivity contribution in [3.05, 3.63) is 108 Å². The number of thiophene rings is 1. The fraction of sp³-hybridized carbons (Fsp3) is 0.293. The summed E-state index contributed by atoms with van der Waals surface area (Å²) < 4.78 is 3.61. The number of aryl methyl sites for hydroxylation is 2. The van der Waals surface area contributed by atoms with Gasteiger partial charge in [-0.3, -0.25) is 9.55 Å². The molecule has 1 aliphatic carbocycles. The van der Waals surface area contributed by atoms with Crippen molar-refractivity contribution < 1.29 is 0 Å². The Kier molecular flexibility index (Phi) is 7.06. The average Bonchev–Trinajstić information content (AvgIpc) is 3.63. The normalized spacial score (nSPS) is 14.5. The van der Waals surface area contributed by atoms with Crippen molar-refractivity contribution in [2.75, 3.05) is 0 Å². The molecule has 0 amide bonds. The highest BCUT2D eigenvalue weighted by Crippen LogP contribution is 2.43. The summed E-state index contributed by atoms with van der Waals surface area (Å²) in [7, 11) is 0. The van der Waals surface area contributed by atoms with Crippen LogP contribution in [0.5, 0.6) is 0 Å². The number of nitrogens with zero attached hydrogens (tertiary/aromatic N) is 4. The van der Waals surface area contributed by atoms with Gasteiger partial charge in [0.15, 0.2) is 0 Å². The van der Waals surface area contributed by atoms with Crippen LogP contribution in [0.2, 0.25) is 0 Å². The van der Waals surface area contributed by atoms with Gasteiger partial charge in [0, 0.05) is 43.9 Å². The third kappa shape index (κ3) is 4.93. The van der Waals surface area contributed by atoms with Gasteiger partial charge in [0.25, 0.3) is 0 Å². The molecule has 0 unspecified atom stereocenters. The van der Waals surface area contributed by atoms with E-state index in [0.717, 1.165) is 44.3 Å². The lowest BCUT2D eigenvalue weighted by Crippen LogP contribution is -2.12. The van der Waals surface area contributed by atoms with E-state index in [1.165, 1.54) is 70.0 Å². The van der Waals surface area contributed by atoms with Gasteiger partial charge in [0.05, 0.1) is 16.9 Å². The Hall–Kier alpha value is -4.35. The third-order valence-electron chi connectivity index (χ3n) is 9.78. The van der Waals surface area contributed by atoms with Gasteiger partial charge in [-0.25, -0.2) is 9.97 Å². The summed E-state index contributed by atoms with van der Waals surface area (Å²) in [5.41, 5.74) is 11.2. The van der Waals surface area contributed by atoms with Gasteiger partial charge in [-0.15, -0.1) is 11.3 Å². The van der Waals surface area contributed by atoms with Gasteiger partial charge in [-0.05, 0) is 79.6 Å². The average molecular weight is 621 g/mol. The first-order valence-corrected chi connectivity index (χ1v) is 17.5. The molecule has 0 aliphatic heterocycles. The second-order valence-electron chi connectivity index (χ2n) is 14.0. The molecular formula is C41H40N4S. The molecule has 4 aromatic heterocycles. The zero-order valence-electron chi connectivity index (χ0n) is 27.4. The summed E-state index contributed by atoms with van der Waals surface area (Å²) in [5.74, 6) is 1.52. The van der Waals surface area contributed by atoms with Crippen LogP contribution in [0.25, 0.3) is 59.5 Å². The van der Waals surface area contributed by atoms with E-state index in [2.05, 4.69) is 124 Å². The highest BCUT2D eigenvalue weighted by Gasteiger charge is 2.25. The molecule has 0 atom stereocenters. The summed E-state index contributed by atoms with van der Waals surface area (Å²) in [6, 6.07) is 31.2. The van der Waals surface area contributed by atoms with Crippen molar-refractivity contribution in [2.45, 2.75) is 78.1 Å². The van der Waals surface area contributed by atoms with Gasteiger partial charge in [-0.1, -0.05) is 88.6 Å². The summed E-state index contributed by atoms with van der Waals surface area (Å²) in [4.78, 5) is 16.7. The number of pyridine rings is 2. The number of fused-ring (bicyclic) bond motifs is 4. The molecule has 3 aromatic carbocycles. The Morgan fingerprint density at radius 1 is 0.739 bits per heavy atom. The van der Waals surface area contributed by atoms with Crippen LogP contribution in [0.15, 0.2) is 84.9 Å². The van der Waals surface area contributed by atoms with Crippen LogP contribution in [0.4, 0.5) is 0 Å². The van der Waals surface area contributed by atoms with Crippen LogP contribution in [0.3, 0.4) is 0 Å². The zero-order chi connectivity index (χ0) is 31.6. The SMILES string of the molecule is Cc1cc2c(nc(-c3cccc4c3sc3nc(C5CCCCC5)ccc34)n2-c2ccc(C(C)(C)C)cc2-c2ccccc2)c(C)n1. The molecule has 1 aliphatic rings. The smallest absolute Gasteiger partial charge is 0.147 e. The molecule has 0 bridgehead atoms. The third-order valence-corrected chi connectivity index (χ3v) is 10.9. The predicted octanol–water partition coefficient (Wildman–Crippen LogP) is 11.5. The minimum Gasteiger partial charge on any atom is -0.292 e. The lowest BCUT2D eigenvalue weighted by atomic mass is 9.85. The van der Waals surface area contributed by atoms with Crippen LogP contribution in [-0.4, -0.2) is 19.5 Å². The first-order chi connectivity index (χ1) is 22.3. The molecular weight excluding hydrogens is 581 g/mol. The van der Waals surface area contributed by atoms with Gasteiger partial charge in [-0.2, -0.15) is 0 Å². The number of hydrogen-bond acceptors (Lipinski definition) is 4. The number of hydrogen-bond donors (Lipinski definition) is 0. The van der Waals surface area contributed by atoms with Crippen molar-refractivity contribution in [3.8, 4) is 28.2 Å². The highest BCUT2D eigenvalue weighted by atomic mass is 32.1. The summed E-state index contributed by atoms with van der Waals surface area (Å²) >= 11 is 1.81. The second-order valence-corrected chi connectivity index (χ2v) is 15.0. The largest absolute Gasteiger partial charge is 0.292 e. The maximum atomic E-state index is 5.40. The van der Waals surface area contributed by atoms with Gasteiger partial charge < -0.3 is 0 Å². The van der Waals surface area contributed by atoms with Crippen molar-refractivity contribution in [1.29, 1.82) is 0 Å². The van der Waals surface area contributed by atoms with Crippen LogP contribution >= 0.6 is 11.3 Å².